The Labute approximate surface area is 196 Å². The van der Waals surface area contributed by atoms with Crippen LogP contribution < -0.4 is 0 Å². The van der Waals surface area contributed by atoms with Gasteiger partial charge in [0.1, 0.15) is 5.78 Å². The van der Waals surface area contributed by atoms with Gasteiger partial charge in [-0.15, -0.1) is 11.8 Å². The Morgan fingerprint density at radius 2 is 1.16 bits per heavy atom. The molecule has 2 aliphatic heterocycles. The number of nitrogens with zero attached hydrogens (tertiary/aromatic N) is 2. The van der Waals surface area contributed by atoms with Crippen LogP contribution in [0.1, 0.15) is 96.9 Å². The van der Waals surface area contributed by atoms with Gasteiger partial charge in [-0.3, -0.25) is 4.79 Å². The fourth-order valence-corrected chi connectivity index (χ4v) is 9.68. The molecule has 0 aliphatic carbocycles. The highest BCUT2D eigenvalue weighted by molar-refractivity contribution is 8.02. The van der Waals surface area contributed by atoms with Crippen LogP contribution in [0.25, 0.3) is 0 Å². The molecule has 31 heavy (non-hydrogen) atoms. The van der Waals surface area contributed by atoms with Crippen molar-refractivity contribution in [2.24, 2.45) is 21.7 Å². The largest absolute Gasteiger partial charge is 0.320 e. The standard InChI is InChI=1S/C26H48N2O2S/c1-17(29)19(2,3)20(4,5)21(6,7)22(8,9)26(14)25(13)24(12,23(10,11)31-26)27(15)18(30)28(25)16/h1-16H3. The number of Topliss-reactive ketones (excluding diaryl/α,β-unsaturated/α-hetero) is 1. The van der Waals surface area contributed by atoms with E-state index < -0.39 is 11.0 Å². The summed E-state index contributed by atoms with van der Waals surface area (Å²) in [4.78, 5) is 30.1. The maximum Gasteiger partial charge on any atom is 0.320 e. The van der Waals surface area contributed by atoms with Gasteiger partial charge in [0.25, 0.3) is 0 Å². The zero-order chi connectivity index (χ0) is 25.0. The number of urea groups is 1. The first-order chi connectivity index (χ1) is 13.4. The average molecular weight is 453 g/mol. The highest BCUT2D eigenvalue weighted by atomic mass is 32.2. The van der Waals surface area contributed by atoms with E-state index in [4.69, 9.17) is 0 Å². The summed E-state index contributed by atoms with van der Waals surface area (Å²) in [5.74, 6) is 0.217. The lowest BCUT2D eigenvalue weighted by atomic mass is 9.42. The number of amides is 2. The van der Waals surface area contributed by atoms with Crippen LogP contribution in [0.4, 0.5) is 4.79 Å². The van der Waals surface area contributed by atoms with E-state index in [1.807, 2.05) is 35.7 Å². The highest BCUT2D eigenvalue weighted by Gasteiger charge is 2.82. The van der Waals surface area contributed by atoms with Crippen LogP contribution in [0.15, 0.2) is 0 Å². The molecule has 2 amide bonds. The number of rotatable bonds is 5. The predicted molar refractivity (Wildman–Crippen MR) is 134 cm³/mol. The van der Waals surface area contributed by atoms with Gasteiger partial charge in [-0.1, -0.05) is 55.4 Å². The van der Waals surface area contributed by atoms with Crippen LogP contribution >= 0.6 is 11.8 Å². The monoisotopic (exact) mass is 452 g/mol. The van der Waals surface area contributed by atoms with Crippen molar-refractivity contribution in [2.75, 3.05) is 14.1 Å². The van der Waals surface area contributed by atoms with Crippen LogP contribution in [0, 0.1) is 21.7 Å². The molecular formula is C26H48N2O2S. The third-order valence-electron chi connectivity index (χ3n) is 12.2. The summed E-state index contributed by atoms with van der Waals surface area (Å²) in [6, 6.07) is 0.0848. The molecule has 2 fully saturated rings. The minimum Gasteiger partial charge on any atom is -0.319 e. The minimum atomic E-state index is -0.485. The van der Waals surface area contributed by atoms with Gasteiger partial charge in [0.2, 0.25) is 0 Å². The molecule has 0 radical (unpaired) electrons. The molecule has 2 saturated heterocycles. The molecule has 2 heterocycles. The van der Waals surface area contributed by atoms with Crippen LogP contribution in [0.5, 0.6) is 0 Å². The van der Waals surface area contributed by atoms with E-state index in [0.717, 1.165) is 0 Å². The van der Waals surface area contributed by atoms with Crippen molar-refractivity contribution >= 4 is 23.6 Å². The van der Waals surface area contributed by atoms with Crippen LogP contribution in [-0.4, -0.2) is 56.3 Å². The number of carbonyl (C=O) groups excluding carboxylic acids is 2. The molecule has 0 saturated carbocycles. The van der Waals surface area contributed by atoms with E-state index in [1.54, 1.807) is 6.92 Å². The maximum atomic E-state index is 13.3. The molecule has 0 spiro atoms. The van der Waals surface area contributed by atoms with E-state index in [2.05, 4.69) is 90.0 Å². The summed E-state index contributed by atoms with van der Waals surface area (Å²) < 4.78 is -0.430. The van der Waals surface area contributed by atoms with E-state index in [-0.39, 0.29) is 43.1 Å². The number of ketones is 1. The zero-order valence-corrected chi connectivity index (χ0v) is 23.9. The van der Waals surface area contributed by atoms with Crippen LogP contribution in [-0.2, 0) is 4.79 Å². The van der Waals surface area contributed by atoms with Gasteiger partial charge in [0.15, 0.2) is 0 Å². The summed E-state index contributed by atoms with van der Waals surface area (Å²) in [5.41, 5.74) is -1.99. The Balaban J connectivity index is 2.85. The minimum absolute atomic E-state index is 0.0848. The fourth-order valence-electron chi connectivity index (χ4n) is 7.08. The molecule has 2 rings (SSSR count). The lowest BCUT2D eigenvalue weighted by Gasteiger charge is -2.65. The van der Waals surface area contributed by atoms with Gasteiger partial charge in [0, 0.05) is 29.0 Å². The van der Waals surface area contributed by atoms with E-state index in [1.165, 1.54) is 0 Å². The Hall–Kier alpha value is -0.710. The molecule has 0 aromatic heterocycles. The number of thioether (sulfide) groups is 1. The van der Waals surface area contributed by atoms with Gasteiger partial charge in [-0.2, -0.15) is 0 Å². The quantitative estimate of drug-likeness (QED) is 0.448. The van der Waals surface area contributed by atoms with Gasteiger partial charge in [-0.05, 0) is 57.8 Å². The molecule has 2 aliphatic rings. The summed E-state index contributed by atoms with van der Waals surface area (Å²) in [5, 5.41) is 0. The van der Waals surface area contributed by atoms with Crippen molar-refractivity contribution in [3.8, 4) is 0 Å². The number of carbonyl (C=O) groups is 2. The number of fused-ring (bicyclic) bond motifs is 1. The summed E-state index contributed by atoms with van der Waals surface area (Å²) in [6.45, 7) is 31.3. The van der Waals surface area contributed by atoms with Crippen molar-refractivity contribution in [2.45, 2.75) is 118 Å². The molecule has 3 unspecified atom stereocenters. The van der Waals surface area contributed by atoms with Gasteiger partial charge < -0.3 is 9.80 Å². The zero-order valence-electron chi connectivity index (χ0n) is 23.1. The molecule has 0 aromatic carbocycles. The molecule has 0 aromatic rings. The topological polar surface area (TPSA) is 40.6 Å². The van der Waals surface area contributed by atoms with Crippen LogP contribution in [0.3, 0.4) is 0 Å². The van der Waals surface area contributed by atoms with E-state index >= 15 is 0 Å². The maximum absolute atomic E-state index is 13.3. The van der Waals surface area contributed by atoms with Gasteiger partial charge in [0.05, 0.1) is 11.1 Å². The third kappa shape index (κ3) is 2.45. The first-order valence-electron chi connectivity index (χ1n) is 11.6. The number of likely N-dealkylation sites (N-methyl/N-ethyl adjacent to an activating group) is 2. The molecule has 0 bridgehead atoms. The van der Waals surface area contributed by atoms with Gasteiger partial charge >= 0.3 is 6.03 Å². The first-order valence-corrected chi connectivity index (χ1v) is 12.4. The Morgan fingerprint density at radius 1 is 0.774 bits per heavy atom. The molecule has 3 atom stereocenters. The van der Waals surface area contributed by atoms with E-state index in [9.17, 15) is 9.59 Å². The van der Waals surface area contributed by atoms with Crippen molar-refractivity contribution in [3.05, 3.63) is 0 Å². The SMILES string of the molecule is CC(=O)C(C)(C)C(C)(C)C(C)(C)C(C)(C)C1(C)SC(C)(C)C2(C)N(C)C(=O)N(C)C12C. The smallest absolute Gasteiger partial charge is 0.319 e. The van der Waals surface area contributed by atoms with Gasteiger partial charge in [-0.25, -0.2) is 4.79 Å². The Bertz CT molecular complexity index is 812. The molecular weight excluding hydrogens is 404 g/mol. The van der Waals surface area contributed by atoms with Crippen molar-refractivity contribution in [1.29, 1.82) is 0 Å². The van der Waals surface area contributed by atoms with Crippen molar-refractivity contribution in [3.63, 3.8) is 0 Å². The van der Waals surface area contributed by atoms with Crippen LogP contribution in [0.2, 0.25) is 0 Å². The summed E-state index contributed by atoms with van der Waals surface area (Å²) in [6.07, 6.45) is 0. The lowest BCUT2D eigenvalue weighted by molar-refractivity contribution is -0.154. The van der Waals surface area contributed by atoms with E-state index in [0.29, 0.717) is 0 Å². The fraction of sp³-hybridized carbons (Fsp3) is 0.923. The summed E-state index contributed by atoms with van der Waals surface area (Å²) >= 11 is 2.02. The molecule has 4 nitrogen and oxygen atoms in total. The highest BCUT2D eigenvalue weighted by Crippen LogP contribution is 2.76. The average Bonchev–Trinajstić information content (AvgIpc) is 2.83. The number of hydrogen-bond acceptors (Lipinski definition) is 3. The second kappa shape index (κ2) is 6.45. The third-order valence-corrected chi connectivity index (χ3v) is 14.4. The van der Waals surface area contributed by atoms with Crippen molar-refractivity contribution < 1.29 is 9.59 Å². The Morgan fingerprint density at radius 3 is 1.55 bits per heavy atom. The second-order valence-electron chi connectivity index (χ2n) is 13.2. The molecule has 0 N–H and O–H groups in total. The normalized spacial score (nSPS) is 34.4. The second-order valence-corrected chi connectivity index (χ2v) is 15.3. The molecule has 5 heteroatoms. The number of hydrogen-bond donors (Lipinski definition) is 0. The summed E-state index contributed by atoms with van der Waals surface area (Å²) in [7, 11) is 3.93. The Kier molecular flexibility index (Phi) is 5.52. The predicted octanol–water partition coefficient (Wildman–Crippen LogP) is 6.48. The van der Waals surface area contributed by atoms with Crippen molar-refractivity contribution in [1.82, 2.24) is 9.80 Å². The molecule has 180 valence electrons. The lowest BCUT2D eigenvalue weighted by Crippen LogP contribution is -2.72. The first kappa shape index (κ1) is 26.5.